The summed E-state index contributed by atoms with van der Waals surface area (Å²) in [4.78, 5) is 4.55. The minimum Gasteiger partial charge on any atom is -0.487 e. The summed E-state index contributed by atoms with van der Waals surface area (Å²) in [7, 11) is 0. The lowest BCUT2D eigenvalue weighted by Crippen LogP contribution is -1.96. The van der Waals surface area contributed by atoms with E-state index in [-0.39, 0.29) is 5.82 Å². The van der Waals surface area contributed by atoms with Crippen LogP contribution in [0, 0.1) is 19.7 Å². The normalized spacial score (nSPS) is 11.1. The number of hydrogen-bond acceptors (Lipinski definition) is 2. The Morgan fingerprint density at radius 1 is 1.00 bits per heavy atom. The van der Waals surface area contributed by atoms with Crippen LogP contribution in [0.2, 0.25) is 5.02 Å². The maximum absolute atomic E-state index is 12.9. The van der Waals surface area contributed by atoms with E-state index >= 15 is 0 Å². The van der Waals surface area contributed by atoms with Gasteiger partial charge in [0, 0.05) is 6.21 Å². The van der Waals surface area contributed by atoms with Gasteiger partial charge >= 0.3 is 0 Å². The monoisotopic (exact) mass is 367 g/mol. The second-order valence-electron chi connectivity index (χ2n) is 6.15. The lowest BCUT2D eigenvalue weighted by Gasteiger charge is -2.09. The summed E-state index contributed by atoms with van der Waals surface area (Å²) in [6.45, 7) is 4.41. The Labute approximate surface area is 157 Å². The maximum atomic E-state index is 12.9. The van der Waals surface area contributed by atoms with Crippen LogP contribution in [0.5, 0.6) is 5.75 Å². The average Bonchev–Trinajstić information content (AvgIpc) is 2.63. The van der Waals surface area contributed by atoms with Crippen molar-refractivity contribution < 1.29 is 9.13 Å². The second kappa shape index (κ2) is 8.15. The van der Waals surface area contributed by atoms with Crippen molar-refractivity contribution in [3.05, 3.63) is 93.8 Å². The van der Waals surface area contributed by atoms with E-state index < -0.39 is 0 Å². The third kappa shape index (κ3) is 4.70. The van der Waals surface area contributed by atoms with Gasteiger partial charge in [-0.05, 0) is 72.5 Å². The Morgan fingerprint density at radius 3 is 2.50 bits per heavy atom. The molecule has 0 saturated heterocycles. The molecule has 0 radical (unpaired) electrons. The van der Waals surface area contributed by atoms with Gasteiger partial charge in [0.15, 0.2) is 0 Å². The topological polar surface area (TPSA) is 21.6 Å². The Bertz CT molecular complexity index is 935. The summed E-state index contributed by atoms with van der Waals surface area (Å²) in [5.74, 6) is 0.319. The highest BCUT2D eigenvalue weighted by molar-refractivity contribution is 6.32. The van der Waals surface area contributed by atoms with Gasteiger partial charge in [-0.3, -0.25) is 4.99 Å². The Kier molecular flexibility index (Phi) is 5.69. The molecule has 3 aromatic carbocycles. The lowest BCUT2D eigenvalue weighted by molar-refractivity contribution is 0.306. The summed E-state index contributed by atoms with van der Waals surface area (Å²) in [5, 5.41) is 0.511. The molecule has 0 atom stereocenters. The largest absolute Gasteiger partial charge is 0.487 e. The fourth-order valence-corrected chi connectivity index (χ4v) is 2.70. The van der Waals surface area contributed by atoms with E-state index in [2.05, 4.69) is 17.1 Å². The molecule has 3 rings (SSSR count). The molecule has 132 valence electrons. The van der Waals surface area contributed by atoms with E-state index in [9.17, 15) is 4.39 Å². The molecular formula is C22H19ClFNO. The third-order valence-electron chi connectivity index (χ3n) is 3.98. The molecule has 4 heteroatoms. The molecule has 0 saturated carbocycles. The van der Waals surface area contributed by atoms with E-state index in [0.717, 1.165) is 22.4 Å². The molecule has 0 spiro atoms. The molecule has 0 aliphatic rings. The number of hydrogen-bond donors (Lipinski definition) is 0. The van der Waals surface area contributed by atoms with Gasteiger partial charge in [-0.25, -0.2) is 4.39 Å². The zero-order valence-corrected chi connectivity index (χ0v) is 15.4. The summed E-state index contributed by atoms with van der Waals surface area (Å²) in [5.41, 5.74) is 5.01. The fourth-order valence-electron chi connectivity index (χ4n) is 2.46. The van der Waals surface area contributed by atoms with E-state index in [0.29, 0.717) is 17.4 Å². The van der Waals surface area contributed by atoms with Crippen molar-refractivity contribution in [2.75, 3.05) is 0 Å². The molecule has 0 fully saturated rings. The van der Waals surface area contributed by atoms with E-state index in [1.165, 1.54) is 17.7 Å². The van der Waals surface area contributed by atoms with Crippen LogP contribution in [0.3, 0.4) is 0 Å². The van der Waals surface area contributed by atoms with Crippen molar-refractivity contribution in [3.63, 3.8) is 0 Å². The van der Waals surface area contributed by atoms with Gasteiger partial charge in [0.05, 0.1) is 10.7 Å². The number of nitrogens with zero attached hydrogens (tertiary/aromatic N) is 1. The van der Waals surface area contributed by atoms with Crippen molar-refractivity contribution in [2.45, 2.75) is 20.5 Å². The van der Waals surface area contributed by atoms with Crippen LogP contribution in [-0.2, 0) is 6.61 Å². The molecule has 26 heavy (non-hydrogen) atoms. The summed E-state index contributed by atoms with van der Waals surface area (Å²) < 4.78 is 18.6. The Balaban J connectivity index is 1.69. The first-order valence-corrected chi connectivity index (χ1v) is 8.67. The van der Waals surface area contributed by atoms with Gasteiger partial charge in [0.25, 0.3) is 0 Å². The molecule has 0 N–H and O–H groups in total. The summed E-state index contributed by atoms with van der Waals surface area (Å²) >= 11 is 6.31. The predicted octanol–water partition coefficient (Wildman–Crippen LogP) is 6.43. The molecular weight excluding hydrogens is 349 g/mol. The van der Waals surface area contributed by atoms with Crippen LogP contribution in [0.4, 0.5) is 10.1 Å². The van der Waals surface area contributed by atoms with E-state index in [1.54, 1.807) is 18.3 Å². The lowest BCUT2D eigenvalue weighted by atomic mass is 10.1. The van der Waals surface area contributed by atoms with Gasteiger partial charge in [0.1, 0.15) is 18.2 Å². The van der Waals surface area contributed by atoms with Crippen molar-refractivity contribution in [2.24, 2.45) is 4.99 Å². The SMILES string of the molecule is Cc1ccc(C)c(N=Cc2ccc(OCc3ccc(F)cc3)c(Cl)c2)c1. The molecule has 0 aliphatic heterocycles. The highest BCUT2D eigenvalue weighted by atomic mass is 35.5. The van der Waals surface area contributed by atoms with Crippen molar-refractivity contribution in [1.82, 2.24) is 0 Å². The van der Waals surface area contributed by atoms with Crippen LogP contribution >= 0.6 is 11.6 Å². The average molecular weight is 368 g/mol. The molecule has 0 amide bonds. The molecule has 0 bridgehead atoms. The first-order chi connectivity index (χ1) is 12.5. The van der Waals surface area contributed by atoms with E-state index in [1.807, 2.05) is 38.1 Å². The van der Waals surface area contributed by atoms with Crippen LogP contribution in [0.15, 0.2) is 65.7 Å². The van der Waals surface area contributed by atoms with Gasteiger partial charge in [-0.1, -0.05) is 35.9 Å². The zero-order chi connectivity index (χ0) is 18.5. The number of halogens is 2. The highest BCUT2D eigenvalue weighted by Crippen LogP contribution is 2.26. The van der Waals surface area contributed by atoms with Gasteiger partial charge in [-0.2, -0.15) is 0 Å². The van der Waals surface area contributed by atoms with Crippen molar-refractivity contribution in [3.8, 4) is 5.75 Å². The number of aliphatic imine (C=N–C) groups is 1. The molecule has 0 aromatic heterocycles. The minimum absolute atomic E-state index is 0.265. The highest BCUT2D eigenvalue weighted by Gasteiger charge is 2.04. The fraction of sp³-hybridized carbons (Fsp3) is 0.136. The van der Waals surface area contributed by atoms with Crippen LogP contribution in [-0.4, -0.2) is 6.21 Å². The van der Waals surface area contributed by atoms with Crippen molar-refractivity contribution >= 4 is 23.5 Å². The van der Waals surface area contributed by atoms with Gasteiger partial charge in [-0.15, -0.1) is 0 Å². The first-order valence-electron chi connectivity index (χ1n) is 8.29. The third-order valence-corrected chi connectivity index (χ3v) is 4.28. The van der Waals surface area contributed by atoms with Crippen LogP contribution in [0.1, 0.15) is 22.3 Å². The number of benzene rings is 3. The van der Waals surface area contributed by atoms with Crippen LogP contribution in [0.25, 0.3) is 0 Å². The van der Waals surface area contributed by atoms with Crippen LogP contribution < -0.4 is 4.74 Å². The Hall–Kier alpha value is -2.65. The van der Waals surface area contributed by atoms with E-state index in [4.69, 9.17) is 16.3 Å². The standard InChI is InChI=1S/C22H19ClFNO/c1-15-3-4-16(2)21(11-15)25-13-18-7-10-22(20(23)12-18)26-14-17-5-8-19(24)9-6-17/h3-13H,14H2,1-2H3. The summed E-state index contributed by atoms with van der Waals surface area (Å²) in [6, 6.07) is 17.9. The summed E-state index contributed by atoms with van der Waals surface area (Å²) in [6.07, 6.45) is 1.79. The second-order valence-corrected chi connectivity index (χ2v) is 6.56. The molecule has 0 heterocycles. The first kappa shape index (κ1) is 18.2. The molecule has 0 unspecified atom stereocenters. The minimum atomic E-state index is -0.265. The molecule has 0 aliphatic carbocycles. The number of ether oxygens (including phenoxy) is 1. The van der Waals surface area contributed by atoms with Gasteiger partial charge < -0.3 is 4.74 Å². The smallest absolute Gasteiger partial charge is 0.138 e. The van der Waals surface area contributed by atoms with Gasteiger partial charge in [0.2, 0.25) is 0 Å². The number of rotatable bonds is 5. The predicted molar refractivity (Wildman–Crippen MR) is 105 cm³/mol. The molecule has 3 aromatic rings. The van der Waals surface area contributed by atoms with Crippen molar-refractivity contribution in [1.29, 1.82) is 0 Å². The maximum Gasteiger partial charge on any atom is 0.138 e. The zero-order valence-electron chi connectivity index (χ0n) is 14.7. The molecule has 2 nitrogen and oxygen atoms in total. The quantitative estimate of drug-likeness (QED) is 0.476. The Morgan fingerprint density at radius 2 is 1.77 bits per heavy atom. The number of aryl methyl sites for hydroxylation is 2.